The van der Waals surface area contributed by atoms with Crippen LogP contribution in [0.2, 0.25) is 0 Å². The van der Waals surface area contributed by atoms with Crippen LogP contribution in [0, 0.1) is 0 Å². The fourth-order valence-corrected chi connectivity index (χ4v) is 1.95. The first-order valence-corrected chi connectivity index (χ1v) is 5.25. The van der Waals surface area contributed by atoms with E-state index < -0.39 is 5.97 Å². The van der Waals surface area contributed by atoms with Crippen LogP contribution >= 0.6 is 0 Å². The minimum Gasteiger partial charge on any atom is -0.481 e. The van der Waals surface area contributed by atoms with Crippen LogP contribution in [0.5, 0.6) is 0 Å². The van der Waals surface area contributed by atoms with Gasteiger partial charge in [0, 0.05) is 19.1 Å². The Morgan fingerprint density at radius 2 is 2.13 bits per heavy atom. The Morgan fingerprint density at radius 1 is 1.40 bits per heavy atom. The van der Waals surface area contributed by atoms with Gasteiger partial charge in [-0.25, -0.2) is 0 Å². The number of likely N-dealkylation sites (tertiary alicyclic amines) is 1. The van der Waals surface area contributed by atoms with E-state index in [0.717, 1.165) is 19.5 Å². The average molecular weight is 205 g/mol. The van der Waals surface area contributed by atoms with Gasteiger partial charge in [0.05, 0.1) is 6.42 Å². The number of benzene rings is 1. The Balaban J connectivity index is 1.88. The number of hydrogen-bond donors (Lipinski definition) is 1. The van der Waals surface area contributed by atoms with Gasteiger partial charge in [0.25, 0.3) is 0 Å². The van der Waals surface area contributed by atoms with Crippen LogP contribution in [-0.4, -0.2) is 28.6 Å². The van der Waals surface area contributed by atoms with Crippen LogP contribution in [0.3, 0.4) is 0 Å². The molecular weight excluding hydrogens is 190 g/mol. The summed E-state index contributed by atoms with van der Waals surface area (Å²) in [4.78, 5) is 12.8. The molecule has 1 heterocycles. The van der Waals surface area contributed by atoms with Gasteiger partial charge in [0.2, 0.25) is 0 Å². The molecule has 1 aromatic carbocycles. The summed E-state index contributed by atoms with van der Waals surface area (Å²) < 4.78 is 0. The second kappa shape index (κ2) is 4.45. The molecule has 1 aliphatic rings. The van der Waals surface area contributed by atoms with E-state index in [1.54, 1.807) is 0 Å². The highest BCUT2D eigenvalue weighted by Gasteiger charge is 2.29. The van der Waals surface area contributed by atoms with Crippen LogP contribution in [0.15, 0.2) is 30.3 Å². The van der Waals surface area contributed by atoms with Crippen LogP contribution in [0.1, 0.15) is 18.4 Å². The number of hydrogen-bond acceptors (Lipinski definition) is 2. The van der Waals surface area contributed by atoms with E-state index in [2.05, 4.69) is 17.0 Å². The van der Waals surface area contributed by atoms with E-state index in [1.165, 1.54) is 5.56 Å². The quantitative estimate of drug-likeness (QED) is 0.813. The molecule has 3 heteroatoms. The molecule has 15 heavy (non-hydrogen) atoms. The number of carbonyl (C=O) groups is 1. The van der Waals surface area contributed by atoms with Crippen molar-refractivity contribution < 1.29 is 9.90 Å². The maximum atomic E-state index is 10.6. The highest BCUT2D eigenvalue weighted by Crippen LogP contribution is 2.22. The van der Waals surface area contributed by atoms with Crippen molar-refractivity contribution in [3.05, 3.63) is 35.9 Å². The molecule has 1 atom stereocenters. The fraction of sp³-hybridized carbons (Fsp3) is 0.417. The predicted molar refractivity (Wildman–Crippen MR) is 57.5 cm³/mol. The van der Waals surface area contributed by atoms with E-state index in [1.807, 2.05) is 18.2 Å². The molecule has 0 unspecified atom stereocenters. The number of nitrogens with zero attached hydrogens (tertiary/aromatic N) is 1. The second-order valence-corrected chi connectivity index (χ2v) is 4.00. The maximum Gasteiger partial charge on any atom is 0.304 e. The van der Waals surface area contributed by atoms with Gasteiger partial charge in [-0.3, -0.25) is 9.69 Å². The number of carboxylic acids is 1. The van der Waals surface area contributed by atoms with Crippen LogP contribution in [0.25, 0.3) is 0 Å². The number of aliphatic carboxylic acids is 1. The van der Waals surface area contributed by atoms with Crippen molar-refractivity contribution in [2.24, 2.45) is 0 Å². The third kappa shape index (κ3) is 2.57. The SMILES string of the molecule is O=C(O)C[C@@H]1CCN1Cc1ccccc1. The predicted octanol–water partition coefficient (Wildman–Crippen LogP) is 1.74. The minimum absolute atomic E-state index is 0.239. The van der Waals surface area contributed by atoms with Crippen molar-refractivity contribution in [1.29, 1.82) is 0 Å². The highest BCUT2D eigenvalue weighted by atomic mass is 16.4. The van der Waals surface area contributed by atoms with Gasteiger partial charge in [0.1, 0.15) is 0 Å². The third-order valence-electron chi connectivity index (χ3n) is 2.90. The van der Waals surface area contributed by atoms with Gasteiger partial charge in [-0.2, -0.15) is 0 Å². The molecule has 0 spiro atoms. The van der Waals surface area contributed by atoms with Gasteiger partial charge in [-0.15, -0.1) is 0 Å². The smallest absolute Gasteiger partial charge is 0.304 e. The first-order valence-electron chi connectivity index (χ1n) is 5.25. The maximum absolute atomic E-state index is 10.6. The molecule has 0 radical (unpaired) electrons. The molecule has 2 rings (SSSR count). The van der Waals surface area contributed by atoms with Crippen LogP contribution in [-0.2, 0) is 11.3 Å². The van der Waals surface area contributed by atoms with E-state index in [9.17, 15) is 4.79 Å². The first-order chi connectivity index (χ1) is 7.25. The van der Waals surface area contributed by atoms with Crippen molar-refractivity contribution >= 4 is 5.97 Å². The molecule has 1 N–H and O–H groups in total. The molecule has 0 amide bonds. The highest BCUT2D eigenvalue weighted by molar-refractivity contribution is 5.67. The third-order valence-corrected chi connectivity index (χ3v) is 2.90. The average Bonchev–Trinajstić information content (AvgIpc) is 2.23. The van der Waals surface area contributed by atoms with Gasteiger partial charge >= 0.3 is 5.97 Å². The zero-order valence-corrected chi connectivity index (χ0v) is 8.60. The van der Waals surface area contributed by atoms with E-state index >= 15 is 0 Å². The molecule has 1 saturated heterocycles. The van der Waals surface area contributed by atoms with E-state index in [4.69, 9.17) is 5.11 Å². The minimum atomic E-state index is -0.697. The number of carboxylic acid groups (broad SMARTS) is 1. The lowest BCUT2D eigenvalue weighted by molar-refractivity contribution is -0.139. The van der Waals surface area contributed by atoms with E-state index in [-0.39, 0.29) is 12.5 Å². The first kappa shape index (κ1) is 10.2. The summed E-state index contributed by atoms with van der Waals surface area (Å²) in [6, 6.07) is 10.4. The standard InChI is InChI=1S/C12H15NO2/c14-12(15)8-11-6-7-13(11)9-10-4-2-1-3-5-10/h1-5,11H,6-9H2,(H,14,15)/t11-/m0/s1. The molecule has 1 aliphatic heterocycles. The summed E-state index contributed by atoms with van der Waals surface area (Å²) in [5.41, 5.74) is 1.26. The zero-order valence-electron chi connectivity index (χ0n) is 8.60. The van der Waals surface area contributed by atoms with Gasteiger partial charge < -0.3 is 5.11 Å². The zero-order chi connectivity index (χ0) is 10.7. The Kier molecular flexibility index (Phi) is 3.02. The van der Waals surface area contributed by atoms with Gasteiger partial charge in [-0.1, -0.05) is 30.3 Å². The Bertz CT molecular complexity index is 337. The monoisotopic (exact) mass is 205 g/mol. The van der Waals surface area contributed by atoms with Crippen molar-refractivity contribution in [3.8, 4) is 0 Å². The van der Waals surface area contributed by atoms with E-state index in [0.29, 0.717) is 0 Å². The molecule has 80 valence electrons. The molecule has 1 fully saturated rings. The summed E-state index contributed by atoms with van der Waals surface area (Å²) in [5, 5.41) is 8.71. The van der Waals surface area contributed by atoms with Crippen LogP contribution < -0.4 is 0 Å². The van der Waals surface area contributed by atoms with Crippen molar-refractivity contribution in [2.75, 3.05) is 6.54 Å². The molecule has 0 aliphatic carbocycles. The normalized spacial score (nSPS) is 20.9. The Hall–Kier alpha value is -1.35. The summed E-state index contributed by atoms with van der Waals surface area (Å²) in [7, 11) is 0. The number of rotatable bonds is 4. The summed E-state index contributed by atoms with van der Waals surface area (Å²) in [5.74, 6) is -0.697. The fourth-order valence-electron chi connectivity index (χ4n) is 1.95. The summed E-state index contributed by atoms with van der Waals surface area (Å²) in [6.07, 6.45) is 1.28. The lowest BCUT2D eigenvalue weighted by Crippen LogP contribution is -2.47. The lowest BCUT2D eigenvalue weighted by Gasteiger charge is -2.40. The largest absolute Gasteiger partial charge is 0.481 e. The molecule has 0 aromatic heterocycles. The van der Waals surface area contributed by atoms with Crippen molar-refractivity contribution in [3.63, 3.8) is 0 Å². The molecule has 0 saturated carbocycles. The lowest BCUT2D eigenvalue weighted by atomic mass is 9.98. The topological polar surface area (TPSA) is 40.5 Å². The van der Waals surface area contributed by atoms with Crippen LogP contribution in [0.4, 0.5) is 0 Å². The Labute approximate surface area is 89.3 Å². The molecule has 0 bridgehead atoms. The summed E-state index contributed by atoms with van der Waals surface area (Å²) in [6.45, 7) is 1.89. The van der Waals surface area contributed by atoms with Gasteiger partial charge in [0.15, 0.2) is 0 Å². The van der Waals surface area contributed by atoms with Crippen molar-refractivity contribution in [2.45, 2.75) is 25.4 Å². The Morgan fingerprint density at radius 3 is 2.67 bits per heavy atom. The van der Waals surface area contributed by atoms with Crippen molar-refractivity contribution in [1.82, 2.24) is 4.90 Å². The summed E-state index contributed by atoms with van der Waals surface area (Å²) >= 11 is 0. The molecular formula is C12H15NO2. The van der Waals surface area contributed by atoms with Gasteiger partial charge in [-0.05, 0) is 12.0 Å². The molecule has 1 aromatic rings. The molecule has 3 nitrogen and oxygen atoms in total. The second-order valence-electron chi connectivity index (χ2n) is 4.00.